The third-order valence-electron chi connectivity index (χ3n) is 4.17. The van der Waals surface area contributed by atoms with E-state index in [2.05, 4.69) is 36.7 Å². The van der Waals surface area contributed by atoms with Crippen LogP contribution in [0, 0.1) is 11.3 Å². The van der Waals surface area contributed by atoms with Crippen molar-refractivity contribution in [3.63, 3.8) is 0 Å². The summed E-state index contributed by atoms with van der Waals surface area (Å²) in [6.45, 7) is 7.07. The Bertz CT molecular complexity index is 267. The van der Waals surface area contributed by atoms with Crippen LogP contribution in [0.15, 0.2) is 0 Å². The first-order valence-corrected chi connectivity index (χ1v) is 7.65. The van der Waals surface area contributed by atoms with Crippen molar-refractivity contribution in [3.8, 4) is 0 Å². The van der Waals surface area contributed by atoms with E-state index in [0.29, 0.717) is 22.5 Å². The summed E-state index contributed by atoms with van der Waals surface area (Å²) >= 11 is 3.62. The molecule has 0 radical (unpaired) electrons. The summed E-state index contributed by atoms with van der Waals surface area (Å²) in [5.41, 5.74) is 0.433. The van der Waals surface area contributed by atoms with Crippen LogP contribution in [0.5, 0.6) is 0 Å². The summed E-state index contributed by atoms with van der Waals surface area (Å²) in [7, 11) is 1.78. The number of ether oxygens (including phenoxy) is 2. The summed E-state index contributed by atoms with van der Waals surface area (Å²) < 4.78 is 11.7. The highest BCUT2D eigenvalue weighted by Crippen LogP contribution is 2.42. The third kappa shape index (κ3) is 3.24. The highest BCUT2D eigenvalue weighted by Gasteiger charge is 2.43. The lowest BCUT2D eigenvalue weighted by molar-refractivity contribution is -0.153. The van der Waals surface area contributed by atoms with Crippen molar-refractivity contribution in [1.29, 1.82) is 0 Å². The van der Waals surface area contributed by atoms with Crippen LogP contribution in [0.3, 0.4) is 0 Å². The minimum absolute atomic E-state index is 0.246. The topological polar surface area (TPSA) is 18.5 Å². The highest BCUT2D eigenvalue weighted by atomic mass is 79.9. The molecule has 0 bridgehead atoms. The van der Waals surface area contributed by atoms with Gasteiger partial charge in [-0.15, -0.1) is 0 Å². The molecule has 2 nitrogen and oxygen atoms in total. The Kier molecular flexibility index (Phi) is 4.21. The molecule has 17 heavy (non-hydrogen) atoms. The van der Waals surface area contributed by atoms with Crippen molar-refractivity contribution in [2.24, 2.45) is 11.3 Å². The van der Waals surface area contributed by atoms with Crippen LogP contribution in [0.4, 0.5) is 0 Å². The highest BCUT2D eigenvalue weighted by molar-refractivity contribution is 9.09. The van der Waals surface area contributed by atoms with Crippen LogP contribution in [-0.4, -0.2) is 30.2 Å². The first-order valence-electron chi connectivity index (χ1n) is 6.73. The predicted molar refractivity (Wildman–Crippen MR) is 73.6 cm³/mol. The van der Waals surface area contributed by atoms with E-state index in [1.165, 1.54) is 19.3 Å². The van der Waals surface area contributed by atoms with Gasteiger partial charge in [-0.1, -0.05) is 36.7 Å². The molecule has 5 atom stereocenters. The van der Waals surface area contributed by atoms with Gasteiger partial charge < -0.3 is 9.47 Å². The number of hydrogen-bond donors (Lipinski definition) is 0. The van der Waals surface area contributed by atoms with Crippen LogP contribution in [0.2, 0.25) is 0 Å². The molecule has 0 aliphatic heterocycles. The van der Waals surface area contributed by atoms with E-state index in [4.69, 9.17) is 9.47 Å². The lowest BCUT2D eigenvalue weighted by atomic mass is 9.71. The smallest absolute Gasteiger partial charge is 0.0958 e. The quantitative estimate of drug-likeness (QED) is 0.739. The first kappa shape index (κ1) is 13.8. The van der Waals surface area contributed by atoms with Crippen molar-refractivity contribution in [2.75, 3.05) is 7.11 Å². The average molecular weight is 305 g/mol. The average Bonchev–Trinajstić information content (AvgIpc) is 2.13. The standard InChI is InChI=1S/C14H25BrO2/c1-9-5-10(8-14(2,3)7-9)17-12-6-11(15)13(12)16-4/h9-13H,5-8H2,1-4H3. The summed E-state index contributed by atoms with van der Waals surface area (Å²) in [6, 6.07) is 0. The van der Waals surface area contributed by atoms with Crippen molar-refractivity contribution in [1.82, 2.24) is 0 Å². The lowest BCUT2D eigenvalue weighted by Crippen LogP contribution is -2.52. The van der Waals surface area contributed by atoms with Crippen LogP contribution >= 0.6 is 15.9 Å². The molecule has 3 heteroatoms. The summed E-state index contributed by atoms with van der Waals surface area (Å²) in [5.74, 6) is 0.782. The van der Waals surface area contributed by atoms with Crippen LogP contribution in [0.25, 0.3) is 0 Å². The van der Waals surface area contributed by atoms with Gasteiger partial charge in [0.1, 0.15) is 0 Å². The Labute approximate surface area is 114 Å². The van der Waals surface area contributed by atoms with Gasteiger partial charge >= 0.3 is 0 Å². The number of hydrogen-bond acceptors (Lipinski definition) is 2. The van der Waals surface area contributed by atoms with Gasteiger partial charge in [0.15, 0.2) is 0 Å². The Morgan fingerprint density at radius 3 is 2.41 bits per heavy atom. The molecule has 2 saturated carbocycles. The van der Waals surface area contributed by atoms with Gasteiger partial charge in [-0.2, -0.15) is 0 Å². The second-order valence-electron chi connectivity index (χ2n) is 6.66. The fourth-order valence-corrected chi connectivity index (χ4v) is 4.49. The van der Waals surface area contributed by atoms with Gasteiger partial charge in [0.25, 0.3) is 0 Å². The second-order valence-corrected chi connectivity index (χ2v) is 7.84. The molecule has 0 aromatic rings. The molecule has 0 spiro atoms. The Balaban J connectivity index is 1.87. The predicted octanol–water partition coefficient (Wildman–Crippen LogP) is 3.77. The molecule has 0 aromatic carbocycles. The normalized spacial score (nSPS) is 45.4. The molecule has 0 N–H and O–H groups in total. The Morgan fingerprint density at radius 1 is 1.18 bits per heavy atom. The SMILES string of the molecule is COC1C(Br)CC1OC1CC(C)CC(C)(C)C1. The molecule has 0 heterocycles. The molecular weight excluding hydrogens is 280 g/mol. The van der Waals surface area contributed by atoms with Crippen molar-refractivity contribution in [2.45, 2.75) is 69.6 Å². The molecule has 2 aliphatic carbocycles. The van der Waals surface area contributed by atoms with Gasteiger partial charge in [-0.3, -0.25) is 0 Å². The lowest BCUT2D eigenvalue weighted by Gasteiger charge is -2.45. The maximum atomic E-state index is 6.25. The number of rotatable bonds is 3. The summed E-state index contributed by atoms with van der Waals surface area (Å²) in [4.78, 5) is 0.478. The zero-order valence-electron chi connectivity index (χ0n) is 11.4. The largest absolute Gasteiger partial charge is 0.378 e. The molecule has 5 unspecified atom stereocenters. The van der Waals surface area contributed by atoms with Gasteiger partial charge in [0.05, 0.1) is 18.3 Å². The molecule has 2 aliphatic rings. The molecular formula is C14H25BrO2. The van der Waals surface area contributed by atoms with E-state index < -0.39 is 0 Å². The molecule has 2 fully saturated rings. The fourth-order valence-electron chi connectivity index (χ4n) is 3.57. The molecule has 0 saturated heterocycles. The number of halogens is 1. The maximum Gasteiger partial charge on any atom is 0.0958 e. The van der Waals surface area contributed by atoms with Crippen LogP contribution < -0.4 is 0 Å². The Hall–Kier alpha value is 0.400. The van der Waals surface area contributed by atoms with Gasteiger partial charge in [0.2, 0.25) is 0 Å². The van der Waals surface area contributed by atoms with Crippen LogP contribution in [0.1, 0.15) is 46.5 Å². The molecule has 0 amide bonds. The third-order valence-corrected chi connectivity index (χ3v) is 5.06. The number of methoxy groups -OCH3 is 1. The van der Waals surface area contributed by atoms with E-state index >= 15 is 0 Å². The van der Waals surface area contributed by atoms with E-state index in [-0.39, 0.29) is 6.10 Å². The van der Waals surface area contributed by atoms with Gasteiger partial charge in [-0.05, 0) is 37.0 Å². The molecule has 0 aromatic heterocycles. The summed E-state index contributed by atoms with van der Waals surface area (Å²) in [6.07, 6.45) is 5.79. The fraction of sp³-hybridized carbons (Fsp3) is 1.00. The van der Waals surface area contributed by atoms with E-state index in [1.807, 2.05) is 0 Å². The molecule has 100 valence electrons. The van der Waals surface area contributed by atoms with Gasteiger partial charge in [0, 0.05) is 11.9 Å². The van der Waals surface area contributed by atoms with Crippen molar-refractivity contribution < 1.29 is 9.47 Å². The zero-order valence-corrected chi connectivity index (χ0v) is 13.0. The number of alkyl halides is 1. The van der Waals surface area contributed by atoms with Crippen molar-refractivity contribution in [3.05, 3.63) is 0 Å². The summed E-state index contributed by atoms with van der Waals surface area (Å²) in [5, 5.41) is 0. The Morgan fingerprint density at radius 2 is 1.88 bits per heavy atom. The van der Waals surface area contributed by atoms with Crippen molar-refractivity contribution >= 4 is 15.9 Å². The monoisotopic (exact) mass is 304 g/mol. The van der Waals surface area contributed by atoms with Crippen LogP contribution in [-0.2, 0) is 9.47 Å². The van der Waals surface area contributed by atoms with E-state index in [0.717, 1.165) is 12.3 Å². The second kappa shape index (κ2) is 5.18. The maximum absolute atomic E-state index is 6.25. The van der Waals surface area contributed by atoms with E-state index in [9.17, 15) is 0 Å². The minimum atomic E-state index is 0.246. The van der Waals surface area contributed by atoms with E-state index in [1.54, 1.807) is 7.11 Å². The minimum Gasteiger partial charge on any atom is -0.378 e. The first-order chi connectivity index (χ1) is 7.91. The van der Waals surface area contributed by atoms with Gasteiger partial charge in [-0.25, -0.2) is 0 Å². The zero-order chi connectivity index (χ0) is 12.6. The molecule has 2 rings (SSSR count).